The summed E-state index contributed by atoms with van der Waals surface area (Å²) in [5.41, 5.74) is 0.597. The molecule has 0 saturated heterocycles. The second-order valence-corrected chi connectivity index (χ2v) is 6.67. The number of aliphatic imine (C=N–C) groups is 1. The quantitative estimate of drug-likeness (QED) is 0.253. The van der Waals surface area contributed by atoms with Gasteiger partial charge in [-0.05, 0) is 36.8 Å². The minimum atomic E-state index is -0.712. The lowest BCUT2D eigenvalue weighted by atomic mass is 10.1. The monoisotopic (exact) mass is 460 g/mol. The number of nitro groups is 1. The van der Waals surface area contributed by atoms with Crippen molar-refractivity contribution in [3.05, 3.63) is 68.4 Å². The molecule has 0 bridgehead atoms. The van der Waals surface area contributed by atoms with E-state index in [2.05, 4.69) is 4.99 Å². The predicted octanol–water partition coefficient (Wildman–Crippen LogP) is 3.54. The Morgan fingerprint density at radius 2 is 2.03 bits per heavy atom. The van der Waals surface area contributed by atoms with Gasteiger partial charge in [0.1, 0.15) is 0 Å². The van der Waals surface area contributed by atoms with E-state index in [0.717, 1.165) is 6.07 Å². The van der Waals surface area contributed by atoms with E-state index in [-0.39, 0.29) is 41.1 Å². The van der Waals surface area contributed by atoms with Crippen LogP contribution in [0.1, 0.15) is 18.1 Å². The zero-order valence-electron chi connectivity index (χ0n) is 17.0. The molecular weight excluding hydrogens is 444 g/mol. The van der Waals surface area contributed by atoms with Crippen LogP contribution in [0.4, 0.5) is 5.69 Å². The van der Waals surface area contributed by atoms with Crippen molar-refractivity contribution >= 4 is 41.2 Å². The largest absolute Gasteiger partial charge is 0.493 e. The summed E-state index contributed by atoms with van der Waals surface area (Å²) >= 11 is 6.08. The van der Waals surface area contributed by atoms with Crippen LogP contribution in [-0.4, -0.2) is 43.1 Å². The number of nitro benzene ring substituents is 1. The molecule has 0 N–H and O–H groups in total. The Balaban J connectivity index is 1.83. The zero-order chi connectivity index (χ0) is 23.3. The number of cyclic esters (lactones) is 1. The third-order valence-electron chi connectivity index (χ3n) is 4.16. The fourth-order valence-corrected chi connectivity index (χ4v) is 2.96. The first-order valence-electron chi connectivity index (χ1n) is 9.25. The molecule has 0 fully saturated rings. The highest BCUT2D eigenvalue weighted by molar-refractivity contribution is 6.34. The molecule has 0 atom stereocenters. The molecule has 1 aliphatic rings. The van der Waals surface area contributed by atoms with Crippen LogP contribution in [0.15, 0.2) is 47.1 Å². The van der Waals surface area contributed by atoms with Crippen molar-refractivity contribution in [1.82, 2.24) is 0 Å². The minimum absolute atomic E-state index is 0.00309. The molecule has 2 aromatic carbocycles. The lowest BCUT2D eigenvalue weighted by Gasteiger charge is -2.10. The maximum atomic E-state index is 12.2. The average Bonchev–Trinajstić information content (AvgIpc) is 3.12. The fraction of sp³-hybridized carbons (Fsp3) is 0.190. The Labute approximate surface area is 187 Å². The lowest BCUT2D eigenvalue weighted by molar-refractivity contribution is -0.384. The summed E-state index contributed by atoms with van der Waals surface area (Å²) in [4.78, 5) is 38.1. The normalized spacial score (nSPS) is 14.0. The SMILES string of the molecule is CCOC(=O)COc1ccc(/C=C2\N=C(c3ccc([N+](=O)[O-])cc3Cl)OC2=O)cc1OC. The van der Waals surface area contributed by atoms with Crippen LogP contribution < -0.4 is 9.47 Å². The highest BCUT2D eigenvalue weighted by atomic mass is 35.5. The van der Waals surface area contributed by atoms with E-state index in [1.54, 1.807) is 25.1 Å². The summed E-state index contributed by atoms with van der Waals surface area (Å²) in [7, 11) is 1.43. The van der Waals surface area contributed by atoms with Crippen molar-refractivity contribution in [2.24, 2.45) is 4.99 Å². The number of esters is 2. The van der Waals surface area contributed by atoms with E-state index < -0.39 is 16.9 Å². The Morgan fingerprint density at radius 3 is 2.69 bits per heavy atom. The number of methoxy groups -OCH3 is 1. The Morgan fingerprint density at radius 1 is 1.25 bits per heavy atom. The Bertz CT molecular complexity index is 1140. The van der Waals surface area contributed by atoms with Gasteiger partial charge in [0.05, 0.1) is 29.2 Å². The third kappa shape index (κ3) is 5.22. The zero-order valence-corrected chi connectivity index (χ0v) is 17.7. The summed E-state index contributed by atoms with van der Waals surface area (Å²) in [5.74, 6) is -0.643. The average molecular weight is 461 g/mol. The molecule has 0 aliphatic carbocycles. The van der Waals surface area contributed by atoms with Crippen molar-refractivity contribution in [1.29, 1.82) is 0 Å². The first-order valence-corrected chi connectivity index (χ1v) is 9.63. The van der Waals surface area contributed by atoms with Gasteiger partial charge in [-0.3, -0.25) is 10.1 Å². The molecule has 10 nitrogen and oxygen atoms in total. The topological polar surface area (TPSA) is 127 Å². The molecule has 32 heavy (non-hydrogen) atoms. The number of ether oxygens (including phenoxy) is 4. The van der Waals surface area contributed by atoms with Crippen LogP contribution in [-0.2, 0) is 19.1 Å². The maximum Gasteiger partial charge on any atom is 0.363 e. The second kappa shape index (κ2) is 9.92. The van der Waals surface area contributed by atoms with Gasteiger partial charge < -0.3 is 18.9 Å². The van der Waals surface area contributed by atoms with Gasteiger partial charge in [0.15, 0.2) is 23.8 Å². The number of non-ortho nitro benzene ring substituents is 1. The van der Waals surface area contributed by atoms with E-state index in [0.29, 0.717) is 17.1 Å². The summed E-state index contributed by atoms with van der Waals surface area (Å²) < 4.78 is 20.7. The number of carbonyl (C=O) groups excluding carboxylic acids is 2. The Kier molecular flexibility index (Phi) is 7.06. The molecule has 0 spiro atoms. The molecule has 0 saturated carbocycles. The van der Waals surface area contributed by atoms with Crippen molar-refractivity contribution in [3.8, 4) is 11.5 Å². The van der Waals surface area contributed by atoms with E-state index in [9.17, 15) is 19.7 Å². The molecule has 11 heteroatoms. The predicted molar refractivity (Wildman–Crippen MR) is 114 cm³/mol. The van der Waals surface area contributed by atoms with Gasteiger partial charge in [0, 0.05) is 12.1 Å². The van der Waals surface area contributed by atoms with Crippen molar-refractivity contribution in [2.45, 2.75) is 6.92 Å². The summed E-state index contributed by atoms with van der Waals surface area (Å²) in [6, 6.07) is 8.54. The van der Waals surface area contributed by atoms with Crippen LogP contribution in [0.3, 0.4) is 0 Å². The van der Waals surface area contributed by atoms with E-state index >= 15 is 0 Å². The molecule has 0 aromatic heterocycles. The number of carbonyl (C=O) groups is 2. The summed E-state index contributed by atoms with van der Waals surface area (Å²) in [6.07, 6.45) is 1.46. The minimum Gasteiger partial charge on any atom is -0.493 e. The fourth-order valence-electron chi connectivity index (χ4n) is 2.71. The van der Waals surface area contributed by atoms with Crippen molar-refractivity contribution in [2.75, 3.05) is 20.3 Å². The van der Waals surface area contributed by atoms with Crippen LogP contribution >= 0.6 is 11.6 Å². The van der Waals surface area contributed by atoms with Crippen LogP contribution in [0.25, 0.3) is 6.08 Å². The van der Waals surface area contributed by atoms with Gasteiger partial charge in [-0.15, -0.1) is 0 Å². The summed E-state index contributed by atoms with van der Waals surface area (Å²) in [6.45, 7) is 1.66. The Hall–Kier alpha value is -3.92. The highest BCUT2D eigenvalue weighted by Gasteiger charge is 2.26. The molecule has 1 heterocycles. The molecular formula is C21H17ClN2O8. The second-order valence-electron chi connectivity index (χ2n) is 6.26. The first-order chi connectivity index (χ1) is 15.3. The lowest BCUT2D eigenvalue weighted by Crippen LogP contribution is -2.14. The molecule has 2 aromatic rings. The third-order valence-corrected chi connectivity index (χ3v) is 4.47. The number of hydrogen-bond donors (Lipinski definition) is 0. The maximum absolute atomic E-state index is 12.2. The van der Waals surface area contributed by atoms with E-state index in [4.69, 9.17) is 30.5 Å². The van der Waals surface area contributed by atoms with Crippen LogP contribution in [0.5, 0.6) is 11.5 Å². The smallest absolute Gasteiger partial charge is 0.363 e. The molecule has 0 radical (unpaired) electrons. The highest BCUT2D eigenvalue weighted by Crippen LogP contribution is 2.31. The summed E-state index contributed by atoms with van der Waals surface area (Å²) in [5, 5.41) is 10.9. The van der Waals surface area contributed by atoms with E-state index in [1.807, 2.05) is 0 Å². The standard InChI is InChI=1S/C21H17ClN2O8/c1-3-30-19(25)11-31-17-7-4-12(9-18(17)29-2)8-16-21(26)32-20(23-16)14-6-5-13(24(27)28)10-15(14)22/h4-10H,3,11H2,1-2H3/b16-8-. The molecule has 0 unspecified atom stereocenters. The van der Waals surface area contributed by atoms with E-state index in [1.165, 1.54) is 25.3 Å². The van der Waals surface area contributed by atoms with Gasteiger partial charge in [0.2, 0.25) is 5.90 Å². The van der Waals surface area contributed by atoms with Gasteiger partial charge in [-0.2, -0.15) is 0 Å². The van der Waals surface area contributed by atoms with Gasteiger partial charge in [-0.25, -0.2) is 14.6 Å². The molecule has 3 rings (SSSR count). The molecule has 0 amide bonds. The van der Waals surface area contributed by atoms with Crippen molar-refractivity contribution < 1.29 is 33.5 Å². The number of benzene rings is 2. The molecule has 166 valence electrons. The first kappa shape index (κ1) is 22.8. The van der Waals surface area contributed by atoms with Gasteiger partial charge in [0.25, 0.3) is 5.69 Å². The van der Waals surface area contributed by atoms with Crippen molar-refractivity contribution in [3.63, 3.8) is 0 Å². The number of hydrogen-bond acceptors (Lipinski definition) is 9. The van der Waals surface area contributed by atoms with Crippen LogP contribution in [0, 0.1) is 10.1 Å². The number of rotatable bonds is 8. The number of nitrogens with zero attached hydrogens (tertiary/aromatic N) is 2. The molecule has 1 aliphatic heterocycles. The van der Waals surface area contributed by atoms with Gasteiger partial charge >= 0.3 is 11.9 Å². The number of halogens is 1. The van der Waals surface area contributed by atoms with Crippen LogP contribution in [0.2, 0.25) is 5.02 Å². The van der Waals surface area contributed by atoms with Gasteiger partial charge in [-0.1, -0.05) is 17.7 Å².